The number of hydrogen-bond donors (Lipinski definition) is 2. The van der Waals surface area contributed by atoms with Crippen molar-refractivity contribution in [2.45, 2.75) is 40.0 Å². The monoisotopic (exact) mass is 298 g/mol. The third-order valence-electron chi connectivity index (χ3n) is 3.41. The maximum absolute atomic E-state index is 8.70. The van der Waals surface area contributed by atoms with Crippen LogP contribution in [0.2, 0.25) is 5.02 Å². The summed E-state index contributed by atoms with van der Waals surface area (Å²) < 4.78 is 5.72. The molecule has 0 aliphatic carbocycles. The van der Waals surface area contributed by atoms with Gasteiger partial charge < -0.3 is 15.7 Å². The maximum atomic E-state index is 8.70. The highest BCUT2D eigenvalue weighted by Crippen LogP contribution is 2.25. The molecule has 4 nitrogen and oxygen atoms in total. The molecule has 0 amide bonds. The van der Waals surface area contributed by atoms with Gasteiger partial charge in [0, 0.05) is 10.4 Å². The van der Waals surface area contributed by atoms with Crippen molar-refractivity contribution in [1.29, 1.82) is 0 Å². The molecule has 20 heavy (non-hydrogen) atoms. The summed E-state index contributed by atoms with van der Waals surface area (Å²) in [5.74, 6) is 1.09. The summed E-state index contributed by atoms with van der Waals surface area (Å²) in [5, 5.41) is 12.5. The molecule has 5 heteroatoms. The van der Waals surface area contributed by atoms with E-state index < -0.39 is 0 Å². The van der Waals surface area contributed by atoms with E-state index in [9.17, 15) is 0 Å². The van der Waals surface area contributed by atoms with Crippen molar-refractivity contribution in [1.82, 2.24) is 0 Å². The second-order valence-corrected chi connectivity index (χ2v) is 6.02. The van der Waals surface area contributed by atoms with E-state index in [-0.39, 0.29) is 11.3 Å². The lowest BCUT2D eigenvalue weighted by Crippen LogP contribution is -2.31. The normalized spacial score (nSPS) is 12.5. The van der Waals surface area contributed by atoms with Crippen molar-refractivity contribution in [2.24, 2.45) is 16.3 Å². The number of benzene rings is 1. The van der Waals surface area contributed by atoms with Crippen LogP contribution in [0, 0.1) is 12.3 Å². The van der Waals surface area contributed by atoms with E-state index in [1.165, 1.54) is 0 Å². The Hall–Kier alpha value is -1.42. The first-order chi connectivity index (χ1) is 9.36. The highest BCUT2D eigenvalue weighted by atomic mass is 35.5. The summed E-state index contributed by atoms with van der Waals surface area (Å²) >= 11 is 5.94. The van der Waals surface area contributed by atoms with Gasteiger partial charge in [0.15, 0.2) is 0 Å². The van der Waals surface area contributed by atoms with Gasteiger partial charge in [-0.25, -0.2) is 0 Å². The molecule has 1 rings (SSSR count). The van der Waals surface area contributed by atoms with Crippen molar-refractivity contribution in [3.63, 3.8) is 0 Å². The average molecular weight is 299 g/mol. The second kappa shape index (κ2) is 7.39. The number of ether oxygens (including phenoxy) is 1. The van der Waals surface area contributed by atoms with Gasteiger partial charge in [-0.1, -0.05) is 36.7 Å². The topological polar surface area (TPSA) is 67.8 Å². The molecule has 0 spiro atoms. The summed E-state index contributed by atoms with van der Waals surface area (Å²) in [6.45, 7) is 6.55. The van der Waals surface area contributed by atoms with Crippen LogP contribution in [0.15, 0.2) is 23.4 Å². The van der Waals surface area contributed by atoms with E-state index in [0.29, 0.717) is 11.6 Å². The molecule has 0 aliphatic heterocycles. The molecule has 0 aliphatic rings. The van der Waals surface area contributed by atoms with Crippen LogP contribution in [0.1, 0.15) is 38.7 Å². The number of amidine groups is 1. The number of oxime groups is 1. The lowest BCUT2D eigenvalue weighted by molar-refractivity contribution is 0.287. The zero-order chi connectivity index (χ0) is 15.2. The predicted octanol–water partition coefficient (Wildman–Crippen LogP) is 3.97. The van der Waals surface area contributed by atoms with Crippen molar-refractivity contribution in [2.75, 3.05) is 6.61 Å². The molecule has 1 aromatic rings. The first-order valence-corrected chi connectivity index (χ1v) is 7.11. The first kappa shape index (κ1) is 16.6. The fourth-order valence-corrected chi connectivity index (χ4v) is 2.01. The third-order valence-corrected chi connectivity index (χ3v) is 3.64. The SMILES string of the molecule is Cc1ccc(Cl)cc1OCCCCC(C)(C)/C(N)=N/O. The minimum Gasteiger partial charge on any atom is -0.493 e. The Kier molecular flexibility index (Phi) is 6.14. The Morgan fingerprint density at radius 3 is 2.75 bits per heavy atom. The van der Waals surface area contributed by atoms with Gasteiger partial charge in [-0.3, -0.25) is 0 Å². The molecule has 0 aromatic heterocycles. The zero-order valence-corrected chi connectivity index (χ0v) is 13.1. The lowest BCUT2D eigenvalue weighted by atomic mass is 9.86. The van der Waals surface area contributed by atoms with E-state index in [4.69, 9.17) is 27.3 Å². The van der Waals surface area contributed by atoms with Gasteiger partial charge in [-0.15, -0.1) is 0 Å². The van der Waals surface area contributed by atoms with Crippen molar-refractivity contribution >= 4 is 17.4 Å². The Morgan fingerprint density at radius 2 is 2.10 bits per heavy atom. The van der Waals surface area contributed by atoms with Gasteiger partial charge in [-0.2, -0.15) is 0 Å². The average Bonchev–Trinajstić information content (AvgIpc) is 2.41. The van der Waals surface area contributed by atoms with Crippen LogP contribution in [0.3, 0.4) is 0 Å². The largest absolute Gasteiger partial charge is 0.493 e. The summed E-state index contributed by atoms with van der Waals surface area (Å²) in [6, 6.07) is 5.62. The predicted molar refractivity (Wildman–Crippen MR) is 82.7 cm³/mol. The van der Waals surface area contributed by atoms with Gasteiger partial charge in [0.1, 0.15) is 11.6 Å². The number of rotatable bonds is 7. The highest BCUT2D eigenvalue weighted by Gasteiger charge is 2.22. The third kappa shape index (κ3) is 4.93. The molecule has 0 unspecified atom stereocenters. The van der Waals surface area contributed by atoms with E-state index in [1.54, 1.807) is 0 Å². The minimum atomic E-state index is -0.291. The van der Waals surface area contributed by atoms with Crippen molar-refractivity contribution < 1.29 is 9.94 Å². The quantitative estimate of drug-likeness (QED) is 0.263. The Balaban J connectivity index is 2.34. The number of aryl methyl sites for hydroxylation is 1. The molecule has 112 valence electrons. The van der Waals surface area contributed by atoms with Crippen molar-refractivity contribution in [3.8, 4) is 5.75 Å². The smallest absolute Gasteiger partial charge is 0.144 e. The molecule has 3 N–H and O–H groups in total. The molecule has 0 fully saturated rings. The Bertz CT molecular complexity index is 473. The summed E-state index contributed by atoms with van der Waals surface area (Å²) in [7, 11) is 0. The number of unbranched alkanes of at least 4 members (excludes halogenated alkanes) is 1. The van der Waals surface area contributed by atoms with Gasteiger partial charge in [0.25, 0.3) is 0 Å². The second-order valence-electron chi connectivity index (χ2n) is 5.58. The van der Waals surface area contributed by atoms with Crippen LogP contribution in [-0.2, 0) is 0 Å². The zero-order valence-electron chi connectivity index (χ0n) is 12.3. The molecule has 0 saturated heterocycles. The van der Waals surface area contributed by atoms with Gasteiger partial charge in [0.05, 0.1) is 6.61 Å². The Morgan fingerprint density at radius 1 is 1.40 bits per heavy atom. The molecular weight excluding hydrogens is 276 g/mol. The van der Waals surface area contributed by atoms with Crippen molar-refractivity contribution in [3.05, 3.63) is 28.8 Å². The Labute approximate surface area is 125 Å². The first-order valence-electron chi connectivity index (χ1n) is 6.74. The van der Waals surface area contributed by atoms with Gasteiger partial charge in [-0.05, 0) is 43.9 Å². The number of nitrogens with zero attached hydrogens (tertiary/aromatic N) is 1. The summed E-state index contributed by atoms with van der Waals surface area (Å²) in [4.78, 5) is 0. The summed E-state index contributed by atoms with van der Waals surface area (Å²) in [6.07, 6.45) is 2.71. The van der Waals surface area contributed by atoms with Crippen LogP contribution in [0.4, 0.5) is 0 Å². The number of hydrogen-bond acceptors (Lipinski definition) is 3. The van der Waals surface area contributed by atoms with E-state index in [1.807, 2.05) is 39.0 Å². The number of nitrogens with two attached hydrogens (primary N) is 1. The van der Waals surface area contributed by atoms with Crippen LogP contribution < -0.4 is 10.5 Å². The highest BCUT2D eigenvalue weighted by molar-refractivity contribution is 6.30. The molecule has 0 bridgehead atoms. The van der Waals surface area contributed by atoms with E-state index in [2.05, 4.69) is 5.16 Å². The maximum Gasteiger partial charge on any atom is 0.144 e. The van der Waals surface area contributed by atoms with Crippen LogP contribution >= 0.6 is 11.6 Å². The van der Waals surface area contributed by atoms with Crippen LogP contribution in [0.25, 0.3) is 0 Å². The summed E-state index contributed by atoms with van der Waals surface area (Å²) in [5.41, 5.74) is 6.43. The van der Waals surface area contributed by atoms with Gasteiger partial charge >= 0.3 is 0 Å². The van der Waals surface area contributed by atoms with Crippen LogP contribution in [0.5, 0.6) is 5.75 Å². The molecule has 0 saturated carbocycles. The van der Waals surface area contributed by atoms with Crippen LogP contribution in [-0.4, -0.2) is 17.6 Å². The molecular formula is C15H23ClN2O2. The molecule has 1 aromatic carbocycles. The fourth-order valence-electron chi connectivity index (χ4n) is 1.84. The van der Waals surface area contributed by atoms with E-state index in [0.717, 1.165) is 30.6 Å². The molecule has 0 heterocycles. The molecule has 0 atom stereocenters. The lowest BCUT2D eigenvalue weighted by Gasteiger charge is -2.22. The van der Waals surface area contributed by atoms with Gasteiger partial charge in [0.2, 0.25) is 0 Å². The number of halogens is 1. The van der Waals surface area contributed by atoms with E-state index >= 15 is 0 Å². The molecule has 0 radical (unpaired) electrons. The minimum absolute atomic E-state index is 0.268. The standard InChI is InChI=1S/C15H23ClN2O2/c1-11-6-7-12(16)10-13(11)20-9-5-4-8-15(2,3)14(17)18-19/h6-7,10,19H,4-5,8-9H2,1-3H3,(H2,17,18). The fraction of sp³-hybridized carbons (Fsp3) is 0.533.